The molecule has 1 aromatic rings. The van der Waals surface area contributed by atoms with Gasteiger partial charge in [0.1, 0.15) is 10.8 Å². The van der Waals surface area contributed by atoms with Crippen LogP contribution in [0, 0.1) is 0 Å². The monoisotopic (exact) mass is 270 g/mol. The molecule has 1 rings (SSSR count). The minimum absolute atomic E-state index is 0.258. The summed E-state index contributed by atoms with van der Waals surface area (Å²) in [5.41, 5.74) is -1.52. The number of carbonyl (C=O) groups excluding carboxylic acids is 1. The second-order valence-electron chi connectivity index (χ2n) is 3.17. The molecule has 1 amide bonds. The molecule has 0 aliphatic rings. The molecule has 0 bridgehead atoms. The third-order valence-electron chi connectivity index (χ3n) is 1.71. The molecule has 1 heterocycles. The molecule has 94 valence electrons. The molecule has 0 spiro atoms. The highest BCUT2D eigenvalue weighted by molar-refractivity contribution is 6.29. The molecule has 1 N–H and O–H groups in total. The molecule has 8 heteroatoms. The zero-order valence-corrected chi connectivity index (χ0v) is 9.23. The molecular formula is C9H7ClF4N2O. The Balaban J connectivity index is 3.02. The van der Waals surface area contributed by atoms with Crippen LogP contribution in [0.4, 0.5) is 23.2 Å². The van der Waals surface area contributed by atoms with Crippen molar-refractivity contribution in [3.8, 4) is 0 Å². The molecule has 0 saturated carbocycles. The summed E-state index contributed by atoms with van der Waals surface area (Å²) in [6, 6.07) is 1.57. The van der Waals surface area contributed by atoms with Gasteiger partial charge in [0.2, 0.25) is 0 Å². The number of alkyl halides is 4. The number of carbonyl (C=O) groups is 1. The van der Waals surface area contributed by atoms with Crippen LogP contribution < -0.4 is 5.32 Å². The maximum absolute atomic E-state index is 12.5. The van der Waals surface area contributed by atoms with Crippen LogP contribution in [0.5, 0.6) is 0 Å². The first-order chi connectivity index (χ1) is 7.70. The van der Waals surface area contributed by atoms with Gasteiger partial charge in [0.25, 0.3) is 5.91 Å². The minimum atomic E-state index is -4.69. The summed E-state index contributed by atoms with van der Waals surface area (Å²) in [5.74, 6) is -1.06. The van der Waals surface area contributed by atoms with E-state index in [1.54, 1.807) is 0 Å². The van der Waals surface area contributed by atoms with E-state index in [0.717, 1.165) is 13.0 Å². The van der Waals surface area contributed by atoms with Crippen molar-refractivity contribution in [2.45, 2.75) is 19.3 Å². The smallest absolute Gasteiger partial charge is 0.323 e. The fraction of sp³-hybridized carbons (Fsp3) is 0.333. The van der Waals surface area contributed by atoms with Gasteiger partial charge in [0, 0.05) is 5.69 Å². The second-order valence-corrected chi connectivity index (χ2v) is 3.55. The zero-order valence-electron chi connectivity index (χ0n) is 8.48. The number of nitrogens with zero attached hydrogens (tertiary/aromatic N) is 1. The van der Waals surface area contributed by atoms with Gasteiger partial charge in [-0.2, -0.15) is 13.2 Å². The van der Waals surface area contributed by atoms with E-state index < -0.39 is 29.1 Å². The molecule has 0 aromatic carbocycles. The summed E-state index contributed by atoms with van der Waals surface area (Å²) in [7, 11) is 0. The maximum Gasteiger partial charge on any atom is 0.433 e. The third kappa shape index (κ3) is 3.85. The Kier molecular flexibility index (Phi) is 3.92. The van der Waals surface area contributed by atoms with Gasteiger partial charge in [-0.1, -0.05) is 11.6 Å². The molecule has 0 aliphatic heterocycles. The summed E-state index contributed by atoms with van der Waals surface area (Å²) < 4.78 is 49.5. The predicted molar refractivity (Wildman–Crippen MR) is 53.4 cm³/mol. The normalized spacial score (nSPS) is 13.3. The highest BCUT2D eigenvalue weighted by atomic mass is 35.5. The van der Waals surface area contributed by atoms with E-state index in [2.05, 4.69) is 4.98 Å². The van der Waals surface area contributed by atoms with E-state index in [1.807, 2.05) is 5.32 Å². The highest BCUT2D eigenvalue weighted by Crippen LogP contribution is 2.30. The SMILES string of the molecule is CC(F)C(=O)Nc1cc(Cl)nc(C(F)(F)F)c1. The maximum atomic E-state index is 12.5. The molecule has 0 fully saturated rings. The molecule has 3 nitrogen and oxygen atoms in total. The molecule has 0 aliphatic carbocycles. The topological polar surface area (TPSA) is 42.0 Å². The van der Waals surface area contributed by atoms with Crippen molar-refractivity contribution >= 4 is 23.2 Å². The van der Waals surface area contributed by atoms with E-state index in [1.165, 1.54) is 0 Å². The van der Waals surface area contributed by atoms with Gasteiger partial charge in [-0.15, -0.1) is 0 Å². The van der Waals surface area contributed by atoms with E-state index in [9.17, 15) is 22.4 Å². The van der Waals surface area contributed by atoms with Crippen molar-refractivity contribution in [3.05, 3.63) is 23.0 Å². The van der Waals surface area contributed by atoms with E-state index in [-0.39, 0.29) is 5.69 Å². The lowest BCUT2D eigenvalue weighted by molar-refractivity contribution is -0.141. The Labute approximate surface area is 98.8 Å². The fourth-order valence-electron chi connectivity index (χ4n) is 0.956. The number of rotatable bonds is 2. The van der Waals surface area contributed by atoms with Crippen LogP contribution in [-0.2, 0) is 11.0 Å². The lowest BCUT2D eigenvalue weighted by Gasteiger charge is -2.10. The van der Waals surface area contributed by atoms with Crippen molar-refractivity contribution in [1.82, 2.24) is 4.98 Å². The van der Waals surface area contributed by atoms with Crippen LogP contribution in [0.25, 0.3) is 0 Å². The number of hydrogen-bond donors (Lipinski definition) is 1. The van der Waals surface area contributed by atoms with Crippen LogP contribution in [0.15, 0.2) is 12.1 Å². The van der Waals surface area contributed by atoms with Crippen LogP contribution in [0.2, 0.25) is 5.15 Å². The van der Waals surface area contributed by atoms with Crippen LogP contribution in [0.1, 0.15) is 12.6 Å². The third-order valence-corrected chi connectivity index (χ3v) is 1.91. The molecule has 1 atom stereocenters. The quantitative estimate of drug-likeness (QED) is 0.663. The number of amides is 1. The zero-order chi connectivity index (χ0) is 13.2. The summed E-state index contributed by atoms with van der Waals surface area (Å²) in [5, 5.41) is 1.51. The van der Waals surface area contributed by atoms with E-state index in [0.29, 0.717) is 6.07 Å². The number of anilines is 1. The molecular weight excluding hydrogens is 264 g/mol. The average molecular weight is 271 g/mol. The first kappa shape index (κ1) is 13.7. The Hall–Kier alpha value is -1.37. The molecule has 0 saturated heterocycles. The van der Waals surface area contributed by atoms with Crippen LogP contribution in [0.3, 0.4) is 0 Å². The van der Waals surface area contributed by atoms with Gasteiger partial charge >= 0.3 is 6.18 Å². The first-order valence-electron chi connectivity index (χ1n) is 4.40. The molecule has 1 aromatic heterocycles. The molecule has 17 heavy (non-hydrogen) atoms. The van der Waals surface area contributed by atoms with Gasteiger partial charge in [-0.3, -0.25) is 4.79 Å². The van der Waals surface area contributed by atoms with Crippen molar-refractivity contribution in [3.63, 3.8) is 0 Å². The van der Waals surface area contributed by atoms with E-state index >= 15 is 0 Å². The average Bonchev–Trinajstić information content (AvgIpc) is 2.15. The summed E-state index contributed by atoms with van der Waals surface area (Å²) in [6.45, 7) is 0.961. The largest absolute Gasteiger partial charge is 0.433 e. The number of aromatic nitrogens is 1. The Bertz CT molecular complexity index is 433. The second kappa shape index (κ2) is 4.87. The molecule has 1 unspecified atom stereocenters. The van der Waals surface area contributed by atoms with E-state index in [4.69, 9.17) is 11.6 Å². The standard InChI is InChI=1S/C9H7ClF4N2O/c1-4(11)8(17)15-5-2-6(9(12,13)14)16-7(10)3-5/h2-4H,1H3,(H,15,16,17). The number of pyridine rings is 1. The predicted octanol–water partition coefficient (Wildman–Crippen LogP) is 3.05. The Morgan fingerprint density at radius 3 is 2.53 bits per heavy atom. The van der Waals surface area contributed by atoms with Gasteiger partial charge in [0.05, 0.1) is 0 Å². The summed E-state index contributed by atoms with van der Waals surface area (Å²) >= 11 is 5.36. The Morgan fingerprint density at radius 1 is 1.47 bits per heavy atom. The highest BCUT2D eigenvalue weighted by Gasteiger charge is 2.33. The van der Waals surface area contributed by atoms with Crippen molar-refractivity contribution in [1.29, 1.82) is 0 Å². The summed E-state index contributed by atoms with van der Waals surface area (Å²) in [6.07, 6.45) is -6.53. The van der Waals surface area contributed by atoms with Crippen LogP contribution >= 0.6 is 11.6 Å². The van der Waals surface area contributed by atoms with Gasteiger partial charge in [-0.05, 0) is 19.1 Å². The number of hydrogen-bond acceptors (Lipinski definition) is 2. The van der Waals surface area contributed by atoms with Gasteiger partial charge < -0.3 is 5.32 Å². The minimum Gasteiger partial charge on any atom is -0.323 e. The first-order valence-corrected chi connectivity index (χ1v) is 4.77. The van der Waals surface area contributed by atoms with Crippen molar-refractivity contribution in [2.24, 2.45) is 0 Å². The fourth-order valence-corrected chi connectivity index (χ4v) is 1.16. The summed E-state index contributed by atoms with van der Waals surface area (Å²) in [4.78, 5) is 14.0. The number of nitrogens with one attached hydrogen (secondary N) is 1. The molecule has 0 radical (unpaired) electrons. The van der Waals surface area contributed by atoms with Crippen LogP contribution in [-0.4, -0.2) is 17.1 Å². The lowest BCUT2D eigenvalue weighted by Crippen LogP contribution is -2.21. The van der Waals surface area contributed by atoms with Gasteiger partial charge in [-0.25, -0.2) is 9.37 Å². The van der Waals surface area contributed by atoms with Gasteiger partial charge in [0.15, 0.2) is 6.17 Å². The lowest BCUT2D eigenvalue weighted by atomic mass is 10.3. The van der Waals surface area contributed by atoms with Crippen molar-refractivity contribution < 1.29 is 22.4 Å². The van der Waals surface area contributed by atoms with Crippen molar-refractivity contribution in [2.75, 3.05) is 5.32 Å². The Morgan fingerprint density at radius 2 is 2.06 bits per heavy atom. The number of halogens is 5.